The summed E-state index contributed by atoms with van der Waals surface area (Å²) >= 11 is 0. The van der Waals surface area contributed by atoms with Crippen molar-refractivity contribution in [3.63, 3.8) is 0 Å². The molecule has 0 saturated carbocycles. The number of phenolic OH excluding ortho intramolecular Hbond substituents is 1. The van der Waals surface area contributed by atoms with Crippen LogP contribution in [0, 0.1) is 30.6 Å². The average Bonchev–Trinajstić information content (AvgIpc) is 3.31. The molecule has 1 amide bonds. The molecule has 1 aliphatic carbocycles. The van der Waals surface area contributed by atoms with Crippen molar-refractivity contribution in [2.45, 2.75) is 78.7 Å². The van der Waals surface area contributed by atoms with E-state index in [-0.39, 0.29) is 22.4 Å². The van der Waals surface area contributed by atoms with Crippen molar-refractivity contribution in [1.82, 2.24) is 5.32 Å². The number of amides is 1. The molecule has 0 radical (unpaired) electrons. The Labute approximate surface area is 284 Å². The van der Waals surface area contributed by atoms with Crippen LogP contribution >= 0.6 is 0 Å². The van der Waals surface area contributed by atoms with E-state index in [0.29, 0.717) is 0 Å². The topological polar surface area (TPSA) is 195 Å². The van der Waals surface area contributed by atoms with Crippen LogP contribution < -0.4 is 10.1 Å². The maximum Gasteiger partial charge on any atom is 0.312 e. The normalized spacial score (nSPS) is 32.3. The molecule has 1 aromatic rings. The fraction of sp³-hybridized carbons (Fsp3) is 0.472. The van der Waals surface area contributed by atoms with Crippen LogP contribution in [-0.4, -0.2) is 81.9 Å². The number of allylic oxidation sites excluding steroid dienone is 4. The van der Waals surface area contributed by atoms with Gasteiger partial charge in [-0.15, -0.1) is 0 Å². The Morgan fingerprint density at radius 1 is 0.939 bits per heavy atom. The number of carbonyl (C=O) groups excluding carboxylic acids is 5. The molecule has 9 unspecified atom stereocenters. The van der Waals surface area contributed by atoms with Crippen LogP contribution in [0.15, 0.2) is 48.4 Å². The number of Topliss-reactive ketones (excluding diaryl/α,β-unsaturated/α-hetero) is 2. The Kier molecular flexibility index (Phi) is 11.0. The molecule has 5 bridgehead atoms. The average molecular weight is 682 g/mol. The largest absolute Gasteiger partial charge is 0.507 e. The third-order valence-corrected chi connectivity index (χ3v) is 9.47. The highest BCUT2D eigenvalue weighted by Gasteiger charge is 2.51. The second kappa shape index (κ2) is 14.5. The number of aliphatic hydroxyl groups excluding tert-OH is 2. The Balaban J connectivity index is 1.81. The van der Waals surface area contributed by atoms with Gasteiger partial charge in [-0.2, -0.15) is 0 Å². The highest BCUT2D eigenvalue weighted by Crippen LogP contribution is 2.47. The van der Waals surface area contributed by atoms with E-state index >= 15 is 0 Å². The SMILES string of the molecule is COC1C=COC2(C)Oc3c(C)c(O)c4c(c3C2=O)C(=O)C=C(NC(=O)C=CC=CC(C)C(O)C(C)C(O)C(C)C(OC(C)=O)C1C)C4=O. The molecule has 13 nitrogen and oxygen atoms in total. The summed E-state index contributed by atoms with van der Waals surface area (Å²) in [5.41, 5.74) is -1.47. The summed E-state index contributed by atoms with van der Waals surface area (Å²) in [7, 11) is 1.42. The number of rotatable bonds is 2. The minimum atomic E-state index is -2.03. The van der Waals surface area contributed by atoms with Crippen LogP contribution in [0.5, 0.6) is 11.5 Å². The zero-order valence-electron chi connectivity index (χ0n) is 28.7. The lowest BCUT2D eigenvalue weighted by atomic mass is 9.78. The Hall–Kier alpha value is -4.59. The number of aliphatic hydroxyl groups is 2. The molecule has 1 aromatic carbocycles. The number of carbonyl (C=O) groups is 5. The fourth-order valence-corrected chi connectivity index (χ4v) is 6.50. The predicted octanol–water partition coefficient (Wildman–Crippen LogP) is 3.24. The minimum Gasteiger partial charge on any atom is -0.507 e. The summed E-state index contributed by atoms with van der Waals surface area (Å²) in [6.45, 7) is 10.8. The van der Waals surface area contributed by atoms with Gasteiger partial charge in [-0.3, -0.25) is 24.0 Å². The lowest BCUT2D eigenvalue weighted by Crippen LogP contribution is -2.46. The van der Waals surface area contributed by atoms with Gasteiger partial charge in [0.1, 0.15) is 17.6 Å². The molecule has 4 N–H and O–H groups in total. The number of ketones is 3. The molecule has 9 atom stereocenters. The number of nitrogens with one attached hydrogen (secondary N) is 1. The fourth-order valence-electron chi connectivity index (χ4n) is 6.50. The predicted molar refractivity (Wildman–Crippen MR) is 175 cm³/mol. The van der Waals surface area contributed by atoms with Crippen LogP contribution in [0.4, 0.5) is 0 Å². The second-order valence-corrected chi connectivity index (χ2v) is 12.9. The van der Waals surface area contributed by atoms with Crippen molar-refractivity contribution in [2.24, 2.45) is 23.7 Å². The van der Waals surface area contributed by atoms with Gasteiger partial charge in [0.15, 0.2) is 5.78 Å². The number of fused-ring (bicyclic) bond motifs is 14. The van der Waals surface area contributed by atoms with Gasteiger partial charge in [0.2, 0.25) is 11.7 Å². The monoisotopic (exact) mass is 681 g/mol. The Morgan fingerprint density at radius 3 is 2.24 bits per heavy atom. The molecule has 5 rings (SSSR count). The van der Waals surface area contributed by atoms with Gasteiger partial charge in [0.05, 0.1) is 47.0 Å². The first-order valence-electron chi connectivity index (χ1n) is 16.0. The van der Waals surface area contributed by atoms with E-state index in [2.05, 4.69) is 5.32 Å². The van der Waals surface area contributed by atoms with Crippen molar-refractivity contribution in [1.29, 1.82) is 0 Å². The summed E-state index contributed by atoms with van der Waals surface area (Å²) in [6, 6.07) is 0. The van der Waals surface area contributed by atoms with Crippen LogP contribution in [-0.2, 0) is 23.8 Å². The van der Waals surface area contributed by atoms with Gasteiger partial charge in [0, 0.05) is 62.3 Å². The number of benzene rings is 1. The quantitative estimate of drug-likeness (QED) is 0.334. The highest BCUT2D eigenvalue weighted by molar-refractivity contribution is 6.30. The molecule has 49 heavy (non-hydrogen) atoms. The zero-order valence-corrected chi connectivity index (χ0v) is 28.7. The lowest BCUT2D eigenvalue weighted by Gasteiger charge is -2.38. The summed E-state index contributed by atoms with van der Waals surface area (Å²) in [5.74, 6) is -9.03. The molecule has 0 saturated heterocycles. The van der Waals surface area contributed by atoms with Gasteiger partial charge in [-0.05, 0) is 13.0 Å². The van der Waals surface area contributed by atoms with Crippen LogP contribution in [0.25, 0.3) is 0 Å². The first-order valence-corrected chi connectivity index (χ1v) is 16.0. The third kappa shape index (κ3) is 7.10. The number of hydrogen-bond donors (Lipinski definition) is 4. The maximum absolute atomic E-state index is 13.8. The van der Waals surface area contributed by atoms with E-state index in [4.69, 9.17) is 18.9 Å². The minimum absolute atomic E-state index is 0.00776. The second-order valence-electron chi connectivity index (χ2n) is 12.9. The van der Waals surface area contributed by atoms with Gasteiger partial charge in [0.25, 0.3) is 5.78 Å². The molecule has 3 aliphatic heterocycles. The summed E-state index contributed by atoms with van der Waals surface area (Å²) < 4.78 is 23.0. The molecule has 4 aliphatic rings. The van der Waals surface area contributed by atoms with Gasteiger partial charge >= 0.3 is 11.8 Å². The first kappa shape index (κ1) is 37.2. The zero-order chi connectivity index (χ0) is 36.5. The standard InChI is InChI=1S/C36H43NO12/c1-16-11-9-10-12-25(40)37-22-15-23(39)26-27(32(22)44)31(43)20(5)34-28(26)35(45)36(7,49-34)47-14-13-24(46-8)17(2)33(48-21(6)38)19(4)30(42)18(3)29(16)41/h9-19,24,29-30,33,41-43H,1-8H3,(H,37,40). The van der Waals surface area contributed by atoms with Crippen molar-refractivity contribution in [3.8, 4) is 11.5 Å². The van der Waals surface area contributed by atoms with E-state index < -0.39 is 100 Å². The number of methoxy groups -OCH3 is 1. The molecule has 3 heterocycles. The van der Waals surface area contributed by atoms with E-state index in [9.17, 15) is 39.3 Å². The molecule has 0 spiro atoms. The number of ether oxygens (including phenoxy) is 4. The molecule has 0 fully saturated rings. The van der Waals surface area contributed by atoms with E-state index in [0.717, 1.165) is 18.4 Å². The van der Waals surface area contributed by atoms with Gasteiger partial charge in [-0.1, -0.05) is 45.9 Å². The molecule has 0 aromatic heterocycles. The van der Waals surface area contributed by atoms with Crippen molar-refractivity contribution in [2.75, 3.05) is 7.11 Å². The van der Waals surface area contributed by atoms with Crippen LogP contribution in [0.1, 0.15) is 78.2 Å². The number of esters is 1. The van der Waals surface area contributed by atoms with E-state index in [1.54, 1.807) is 33.8 Å². The van der Waals surface area contributed by atoms with E-state index in [1.165, 1.54) is 46.1 Å². The number of hydrogen-bond acceptors (Lipinski definition) is 12. The summed E-state index contributed by atoms with van der Waals surface area (Å²) in [4.78, 5) is 65.6. The van der Waals surface area contributed by atoms with Crippen molar-refractivity contribution < 1.29 is 58.2 Å². The van der Waals surface area contributed by atoms with Crippen molar-refractivity contribution in [3.05, 3.63) is 70.7 Å². The van der Waals surface area contributed by atoms with Crippen LogP contribution in [0.2, 0.25) is 0 Å². The van der Waals surface area contributed by atoms with Crippen molar-refractivity contribution >= 4 is 29.2 Å². The van der Waals surface area contributed by atoms with Gasteiger partial charge < -0.3 is 39.6 Å². The maximum atomic E-state index is 13.8. The first-order chi connectivity index (χ1) is 22.9. The molecule has 264 valence electrons. The smallest absolute Gasteiger partial charge is 0.312 e. The third-order valence-electron chi connectivity index (χ3n) is 9.47. The Bertz CT molecular complexity index is 1670. The summed E-state index contributed by atoms with van der Waals surface area (Å²) in [5, 5.41) is 35.8. The number of aromatic hydroxyl groups is 1. The lowest BCUT2D eigenvalue weighted by molar-refractivity contribution is -0.160. The Morgan fingerprint density at radius 2 is 1.61 bits per heavy atom. The molecular formula is C36H43NO12. The highest BCUT2D eigenvalue weighted by atomic mass is 16.7. The summed E-state index contributed by atoms with van der Waals surface area (Å²) in [6.07, 6.45) is 5.26. The molecular weight excluding hydrogens is 638 g/mol. The number of phenols is 1. The van der Waals surface area contributed by atoms with Gasteiger partial charge in [-0.25, -0.2) is 0 Å². The molecule has 13 heteroatoms. The van der Waals surface area contributed by atoms with E-state index in [1.807, 2.05) is 0 Å². The van der Waals surface area contributed by atoms with Crippen LogP contribution in [0.3, 0.4) is 0 Å².